The molecule has 1 rings (SSSR count). The Morgan fingerprint density at radius 2 is 1.76 bits per heavy atom. The van der Waals surface area contributed by atoms with Crippen molar-refractivity contribution in [2.45, 2.75) is 26.3 Å². The van der Waals surface area contributed by atoms with Gasteiger partial charge in [0.15, 0.2) is 0 Å². The zero-order valence-electron chi connectivity index (χ0n) is 12.6. The molecule has 0 spiro atoms. The highest BCUT2D eigenvalue weighted by Crippen LogP contribution is 2.44. The third kappa shape index (κ3) is 5.98. The van der Waals surface area contributed by atoms with Crippen LogP contribution in [0.1, 0.15) is 19.4 Å². The smallest absolute Gasteiger partial charge is 0.406 e. The monoisotopic (exact) mass is 315 g/mol. The molecule has 0 aliphatic rings. The van der Waals surface area contributed by atoms with Crippen molar-refractivity contribution in [2.75, 3.05) is 20.3 Å². The van der Waals surface area contributed by atoms with Gasteiger partial charge >= 0.3 is 13.7 Å². The van der Waals surface area contributed by atoms with Gasteiger partial charge in [0.05, 0.1) is 20.3 Å². The van der Waals surface area contributed by atoms with Gasteiger partial charge in [-0.15, -0.1) is 0 Å². The van der Waals surface area contributed by atoms with E-state index in [9.17, 15) is 9.36 Å². The molecular formula is C14H22NO5P. The molecule has 1 N–H and O–H groups in total. The fourth-order valence-electron chi connectivity index (χ4n) is 1.82. The Bertz CT molecular complexity index is 470. The van der Waals surface area contributed by atoms with Gasteiger partial charge in [0, 0.05) is 0 Å². The standard InChI is InChI=1S/C14H22NO5P/c1-4-19-21(17,20-5-2)15-13(14(16)18-3)11-12-9-7-6-8-10-12/h6-10,13H,4-5,11H2,1-3H3,(H,15,17)/t13-/m0/s1. The molecule has 0 saturated carbocycles. The molecule has 0 fully saturated rings. The van der Waals surface area contributed by atoms with Crippen molar-refractivity contribution in [1.29, 1.82) is 0 Å². The van der Waals surface area contributed by atoms with E-state index in [1.54, 1.807) is 13.8 Å². The molecule has 0 aliphatic carbocycles. The van der Waals surface area contributed by atoms with E-state index in [1.165, 1.54) is 7.11 Å². The second-order valence-corrected chi connectivity index (χ2v) is 6.00. The minimum Gasteiger partial charge on any atom is -0.468 e. The maximum Gasteiger partial charge on any atom is 0.406 e. The molecule has 6 nitrogen and oxygen atoms in total. The number of hydrogen-bond acceptors (Lipinski definition) is 5. The van der Waals surface area contributed by atoms with Gasteiger partial charge < -0.3 is 4.74 Å². The minimum atomic E-state index is -3.53. The van der Waals surface area contributed by atoms with Crippen molar-refractivity contribution in [1.82, 2.24) is 5.09 Å². The zero-order valence-corrected chi connectivity index (χ0v) is 13.5. The van der Waals surface area contributed by atoms with Crippen LogP contribution in [0.15, 0.2) is 30.3 Å². The fourth-order valence-corrected chi connectivity index (χ4v) is 3.30. The average Bonchev–Trinajstić information content (AvgIpc) is 2.47. The van der Waals surface area contributed by atoms with Gasteiger partial charge in [-0.25, -0.2) is 9.65 Å². The van der Waals surface area contributed by atoms with E-state index >= 15 is 0 Å². The normalized spacial score (nSPS) is 12.9. The second-order valence-electron chi connectivity index (χ2n) is 4.23. The number of carbonyl (C=O) groups excluding carboxylic acids is 1. The lowest BCUT2D eigenvalue weighted by Gasteiger charge is -2.23. The number of esters is 1. The average molecular weight is 315 g/mol. The van der Waals surface area contributed by atoms with E-state index in [1.807, 2.05) is 30.3 Å². The third-order valence-corrected chi connectivity index (χ3v) is 4.50. The predicted octanol–water partition coefficient (Wildman–Crippen LogP) is 2.54. The van der Waals surface area contributed by atoms with Crippen LogP contribution in [0.3, 0.4) is 0 Å². The Morgan fingerprint density at radius 3 is 2.24 bits per heavy atom. The molecular weight excluding hydrogens is 293 g/mol. The maximum atomic E-state index is 12.5. The van der Waals surface area contributed by atoms with Crippen molar-refractivity contribution in [3.8, 4) is 0 Å². The van der Waals surface area contributed by atoms with Crippen LogP contribution >= 0.6 is 7.75 Å². The molecule has 0 unspecified atom stereocenters. The molecule has 0 saturated heterocycles. The van der Waals surface area contributed by atoms with Gasteiger partial charge in [-0.1, -0.05) is 30.3 Å². The van der Waals surface area contributed by atoms with Gasteiger partial charge in [-0.3, -0.25) is 13.8 Å². The number of methoxy groups -OCH3 is 1. The van der Waals surface area contributed by atoms with Crippen LogP contribution in [-0.4, -0.2) is 32.3 Å². The van der Waals surface area contributed by atoms with Crippen LogP contribution in [0.2, 0.25) is 0 Å². The van der Waals surface area contributed by atoms with Crippen LogP contribution in [0.4, 0.5) is 0 Å². The van der Waals surface area contributed by atoms with Crippen LogP contribution in [0, 0.1) is 0 Å². The molecule has 0 aliphatic heterocycles. The Balaban J connectivity index is 2.87. The van der Waals surface area contributed by atoms with E-state index in [0.29, 0.717) is 6.42 Å². The quantitative estimate of drug-likeness (QED) is 0.557. The summed E-state index contributed by atoms with van der Waals surface area (Å²) in [5, 5.41) is 2.67. The first-order valence-corrected chi connectivity index (χ1v) is 8.37. The molecule has 1 aromatic carbocycles. The highest BCUT2D eigenvalue weighted by Gasteiger charge is 2.32. The van der Waals surface area contributed by atoms with E-state index in [4.69, 9.17) is 13.8 Å². The number of ether oxygens (including phenoxy) is 1. The lowest BCUT2D eigenvalue weighted by molar-refractivity contribution is -0.142. The molecule has 118 valence electrons. The second kappa shape index (κ2) is 8.95. The molecule has 7 heteroatoms. The van der Waals surface area contributed by atoms with Crippen LogP contribution in [0.25, 0.3) is 0 Å². The zero-order chi connectivity index (χ0) is 15.7. The summed E-state index contributed by atoms with van der Waals surface area (Å²) >= 11 is 0. The molecule has 0 heterocycles. The first-order chi connectivity index (χ1) is 10.0. The minimum absolute atomic E-state index is 0.212. The summed E-state index contributed by atoms with van der Waals surface area (Å²) in [4.78, 5) is 11.9. The van der Waals surface area contributed by atoms with Gasteiger partial charge in [0.1, 0.15) is 6.04 Å². The van der Waals surface area contributed by atoms with E-state index in [-0.39, 0.29) is 13.2 Å². The van der Waals surface area contributed by atoms with Gasteiger partial charge in [0.25, 0.3) is 0 Å². The lowest BCUT2D eigenvalue weighted by Crippen LogP contribution is -2.38. The number of nitrogens with one attached hydrogen (secondary N) is 1. The molecule has 0 amide bonds. The Hall–Kier alpha value is -1.20. The first kappa shape index (κ1) is 17.9. The number of benzene rings is 1. The molecule has 0 aromatic heterocycles. The summed E-state index contributed by atoms with van der Waals surface area (Å²) in [5.41, 5.74) is 0.917. The van der Waals surface area contributed by atoms with E-state index in [2.05, 4.69) is 5.09 Å². The van der Waals surface area contributed by atoms with E-state index in [0.717, 1.165) is 5.56 Å². The molecule has 0 radical (unpaired) electrons. The summed E-state index contributed by atoms with van der Waals surface area (Å²) in [6.45, 7) is 3.84. The summed E-state index contributed by atoms with van der Waals surface area (Å²) in [6.07, 6.45) is 0.331. The summed E-state index contributed by atoms with van der Waals surface area (Å²) in [6, 6.07) is 8.58. The van der Waals surface area contributed by atoms with Gasteiger partial charge in [-0.05, 0) is 25.8 Å². The van der Waals surface area contributed by atoms with Gasteiger partial charge in [-0.2, -0.15) is 0 Å². The van der Waals surface area contributed by atoms with Crippen LogP contribution < -0.4 is 5.09 Å². The van der Waals surface area contributed by atoms with Crippen LogP contribution in [-0.2, 0) is 29.6 Å². The molecule has 21 heavy (non-hydrogen) atoms. The van der Waals surface area contributed by atoms with Crippen molar-refractivity contribution < 1.29 is 23.1 Å². The number of rotatable bonds is 9. The van der Waals surface area contributed by atoms with E-state index < -0.39 is 19.8 Å². The summed E-state index contributed by atoms with van der Waals surface area (Å²) in [7, 11) is -2.24. The van der Waals surface area contributed by atoms with Crippen molar-refractivity contribution in [2.24, 2.45) is 0 Å². The van der Waals surface area contributed by atoms with Crippen LogP contribution in [0.5, 0.6) is 0 Å². The highest BCUT2D eigenvalue weighted by atomic mass is 31.2. The predicted molar refractivity (Wildman–Crippen MR) is 79.9 cm³/mol. The largest absolute Gasteiger partial charge is 0.468 e. The topological polar surface area (TPSA) is 73.9 Å². The Labute approximate surface area is 125 Å². The molecule has 0 bridgehead atoms. The summed E-state index contributed by atoms with van der Waals surface area (Å²) < 4.78 is 27.5. The fraction of sp³-hybridized carbons (Fsp3) is 0.500. The van der Waals surface area contributed by atoms with Crippen molar-refractivity contribution in [3.05, 3.63) is 35.9 Å². The number of carbonyl (C=O) groups is 1. The summed E-state index contributed by atoms with van der Waals surface area (Å²) in [5.74, 6) is -0.515. The SMILES string of the molecule is CCOP(=O)(N[C@@H](Cc1ccccc1)C(=O)OC)OCC. The Morgan fingerprint density at radius 1 is 1.19 bits per heavy atom. The van der Waals surface area contributed by atoms with Crippen molar-refractivity contribution >= 4 is 13.7 Å². The Kier molecular flexibility index (Phi) is 7.61. The highest BCUT2D eigenvalue weighted by molar-refractivity contribution is 7.51. The number of hydrogen-bond donors (Lipinski definition) is 1. The first-order valence-electron chi connectivity index (χ1n) is 6.83. The third-order valence-electron chi connectivity index (χ3n) is 2.68. The van der Waals surface area contributed by atoms with Gasteiger partial charge in [0.2, 0.25) is 0 Å². The molecule has 1 atom stereocenters. The van der Waals surface area contributed by atoms with Crippen molar-refractivity contribution in [3.63, 3.8) is 0 Å². The lowest BCUT2D eigenvalue weighted by atomic mass is 10.1. The maximum absolute atomic E-state index is 12.5. The molecule has 1 aromatic rings.